The smallest absolute Gasteiger partial charge is 0.391 e. The average Bonchev–Trinajstić information content (AvgIpc) is 3.10. The quantitative estimate of drug-likeness (QED) is 0.0280. The molecule has 0 bridgehead atoms. The minimum atomic E-state index is -4.31. The van der Waals surface area contributed by atoms with Crippen LogP contribution in [0.2, 0.25) is 0 Å². The van der Waals surface area contributed by atoms with Gasteiger partial charge in [-0.05, 0) is 38.5 Å². The molecule has 0 saturated heterocycles. The van der Waals surface area contributed by atoms with Gasteiger partial charge in [-0.25, -0.2) is 4.57 Å². The Bertz CT molecular complexity index is 799. The SMILES string of the molecule is CCCCCC/C=C\CCCCCCCC(=O)NC(COP(=O)(O)OCCN)C(O)CCCCCCCCCCCCCCCCCCCC. The van der Waals surface area contributed by atoms with E-state index in [0.717, 1.165) is 51.4 Å². The number of allylic oxidation sites excluding steroid dienone is 2. The summed E-state index contributed by atoms with van der Waals surface area (Å²) in [7, 11) is -4.31. The van der Waals surface area contributed by atoms with E-state index >= 15 is 0 Å². The predicted octanol–water partition coefficient (Wildman–Crippen LogP) is 11.6. The van der Waals surface area contributed by atoms with Gasteiger partial charge in [0.05, 0.1) is 25.4 Å². The van der Waals surface area contributed by atoms with Crippen LogP contribution in [0.5, 0.6) is 0 Å². The van der Waals surface area contributed by atoms with Crippen molar-refractivity contribution in [1.82, 2.24) is 5.32 Å². The summed E-state index contributed by atoms with van der Waals surface area (Å²) in [6, 6.07) is -0.774. The highest BCUT2D eigenvalue weighted by atomic mass is 31.2. The van der Waals surface area contributed by atoms with E-state index in [1.807, 2.05) is 0 Å². The second-order valence-corrected chi connectivity index (χ2v) is 16.0. The molecule has 0 aliphatic heterocycles. The summed E-state index contributed by atoms with van der Waals surface area (Å²) in [4.78, 5) is 22.7. The first kappa shape index (κ1) is 49.2. The van der Waals surface area contributed by atoms with E-state index in [1.54, 1.807) is 0 Å². The molecule has 0 aliphatic carbocycles. The maximum atomic E-state index is 12.7. The Balaban J connectivity index is 4.15. The number of unbranched alkanes of at least 4 members (excludes halogenated alkanes) is 26. The highest BCUT2D eigenvalue weighted by Gasteiger charge is 2.27. The van der Waals surface area contributed by atoms with Crippen molar-refractivity contribution in [2.45, 2.75) is 225 Å². The van der Waals surface area contributed by atoms with Crippen LogP contribution in [0.1, 0.15) is 213 Å². The molecule has 0 heterocycles. The largest absolute Gasteiger partial charge is 0.472 e. The van der Waals surface area contributed by atoms with Crippen LogP contribution in [0.4, 0.5) is 0 Å². The van der Waals surface area contributed by atoms with Crippen LogP contribution in [0, 0.1) is 0 Å². The van der Waals surface area contributed by atoms with E-state index < -0.39 is 20.0 Å². The number of carbonyl (C=O) groups is 1. The third kappa shape index (κ3) is 35.6. The van der Waals surface area contributed by atoms with Crippen molar-refractivity contribution in [2.24, 2.45) is 5.73 Å². The van der Waals surface area contributed by atoms with E-state index in [-0.39, 0.29) is 25.7 Å². The Morgan fingerprint density at radius 2 is 1.04 bits per heavy atom. The molecule has 298 valence electrons. The Morgan fingerprint density at radius 3 is 1.50 bits per heavy atom. The Labute approximate surface area is 309 Å². The van der Waals surface area contributed by atoms with Gasteiger partial charge in [0.15, 0.2) is 0 Å². The normalized spacial score (nSPS) is 14.3. The molecule has 0 aromatic heterocycles. The van der Waals surface area contributed by atoms with Gasteiger partial charge in [0, 0.05) is 13.0 Å². The molecule has 0 spiro atoms. The van der Waals surface area contributed by atoms with Crippen molar-refractivity contribution in [1.29, 1.82) is 0 Å². The Kier molecular flexibility index (Phi) is 37.4. The highest BCUT2D eigenvalue weighted by Crippen LogP contribution is 2.43. The Morgan fingerprint density at radius 1 is 0.640 bits per heavy atom. The van der Waals surface area contributed by atoms with Gasteiger partial charge in [-0.3, -0.25) is 13.8 Å². The van der Waals surface area contributed by atoms with Crippen LogP contribution in [0.3, 0.4) is 0 Å². The zero-order valence-electron chi connectivity index (χ0n) is 32.9. The number of hydrogen-bond acceptors (Lipinski definition) is 6. The summed E-state index contributed by atoms with van der Waals surface area (Å²) in [6.45, 7) is 4.20. The molecular formula is C41H83N2O6P. The van der Waals surface area contributed by atoms with E-state index in [0.29, 0.717) is 12.8 Å². The fraction of sp³-hybridized carbons (Fsp3) is 0.927. The third-order valence-electron chi connectivity index (χ3n) is 9.62. The fourth-order valence-electron chi connectivity index (χ4n) is 6.37. The van der Waals surface area contributed by atoms with E-state index in [4.69, 9.17) is 14.8 Å². The first-order valence-electron chi connectivity index (χ1n) is 21.3. The lowest BCUT2D eigenvalue weighted by atomic mass is 10.0. The second kappa shape index (κ2) is 38.0. The summed E-state index contributed by atoms with van der Waals surface area (Å²) in [5.41, 5.74) is 5.37. The summed E-state index contributed by atoms with van der Waals surface area (Å²) < 4.78 is 22.1. The van der Waals surface area contributed by atoms with Crippen LogP contribution in [0.15, 0.2) is 12.2 Å². The third-order valence-corrected chi connectivity index (χ3v) is 10.6. The molecule has 3 atom stereocenters. The second-order valence-electron chi connectivity index (χ2n) is 14.6. The lowest BCUT2D eigenvalue weighted by Gasteiger charge is -2.25. The molecule has 0 saturated carbocycles. The van der Waals surface area contributed by atoms with Crippen molar-refractivity contribution in [3.63, 3.8) is 0 Å². The average molecular weight is 731 g/mol. The van der Waals surface area contributed by atoms with Gasteiger partial charge in [-0.15, -0.1) is 0 Å². The number of rotatable bonds is 40. The van der Waals surface area contributed by atoms with Crippen LogP contribution < -0.4 is 11.1 Å². The van der Waals surface area contributed by atoms with Crippen molar-refractivity contribution in [2.75, 3.05) is 19.8 Å². The minimum absolute atomic E-state index is 0.0892. The number of nitrogens with one attached hydrogen (secondary N) is 1. The molecular weight excluding hydrogens is 647 g/mol. The van der Waals surface area contributed by atoms with Gasteiger partial charge < -0.3 is 21.1 Å². The zero-order chi connectivity index (χ0) is 36.8. The number of aliphatic hydroxyl groups is 1. The number of phosphoric ester groups is 1. The van der Waals surface area contributed by atoms with E-state index in [1.165, 1.54) is 135 Å². The van der Waals surface area contributed by atoms with E-state index in [9.17, 15) is 19.4 Å². The Hall–Kier alpha value is -0.760. The molecule has 1 amide bonds. The molecule has 0 aliphatic rings. The van der Waals surface area contributed by atoms with Crippen LogP contribution in [-0.2, 0) is 18.4 Å². The summed E-state index contributed by atoms with van der Waals surface area (Å²) >= 11 is 0. The molecule has 3 unspecified atom stereocenters. The van der Waals surface area contributed by atoms with Crippen LogP contribution in [0.25, 0.3) is 0 Å². The number of aliphatic hydroxyl groups excluding tert-OH is 1. The van der Waals surface area contributed by atoms with E-state index in [2.05, 4.69) is 31.3 Å². The van der Waals surface area contributed by atoms with Crippen molar-refractivity contribution in [3.8, 4) is 0 Å². The predicted molar refractivity (Wildman–Crippen MR) is 212 cm³/mol. The monoisotopic (exact) mass is 731 g/mol. The van der Waals surface area contributed by atoms with Crippen molar-refractivity contribution >= 4 is 13.7 Å². The summed E-state index contributed by atoms with van der Waals surface area (Å²) in [5.74, 6) is -0.169. The van der Waals surface area contributed by atoms with Crippen molar-refractivity contribution in [3.05, 3.63) is 12.2 Å². The zero-order valence-corrected chi connectivity index (χ0v) is 33.8. The van der Waals surface area contributed by atoms with Gasteiger partial charge in [0.2, 0.25) is 5.91 Å². The van der Waals surface area contributed by atoms with Crippen molar-refractivity contribution < 1.29 is 28.4 Å². The van der Waals surface area contributed by atoms with Gasteiger partial charge in [0.1, 0.15) is 0 Å². The van der Waals surface area contributed by atoms with Gasteiger partial charge in [-0.2, -0.15) is 0 Å². The maximum absolute atomic E-state index is 12.7. The molecule has 8 nitrogen and oxygen atoms in total. The minimum Gasteiger partial charge on any atom is -0.391 e. The molecule has 50 heavy (non-hydrogen) atoms. The molecule has 0 aromatic carbocycles. The molecule has 0 radical (unpaired) electrons. The van der Waals surface area contributed by atoms with Gasteiger partial charge in [0.25, 0.3) is 0 Å². The summed E-state index contributed by atoms with van der Waals surface area (Å²) in [6.07, 6.45) is 40.7. The first-order valence-corrected chi connectivity index (χ1v) is 22.8. The first-order chi connectivity index (χ1) is 24.4. The molecule has 9 heteroatoms. The van der Waals surface area contributed by atoms with Gasteiger partial charge in [-0.1, -0.05) is 180 Å². The topological polar surface area (TPSA) is 131 Å². The number of hydrogen-bond donors (Lipinski definition) is 4. The maximum Gasteiger partial charge on any atom is 0.472 e. The van der Waals surface area contributed by atoms with Crippen LogP contribution >= 0.6 is 7.82 Å². The number of amides is 1. The lowest BCUT2D eigenvalue weighted by Crippen LogP contribution is -2.46. The molecule has 0 fully saturated rings. The number of phosphoric acid groups is 1. The molecule has 0 rings (SSSR count). The number of carbonyl (C=O) groups excluding carboxylic acids is 1. The van der Waals surface area contributed by atoms with Gasteiger partial charge >= 0.3 is 7.82 Å². The fourth-order valence-corrected chi connectivity index (χ4v) is 7.13. The molecule has 5 N–H and O–H groups in total. The molecule has 0 aromatic rings. The van der Waals surface area contributed by atoms with Crippen LogP contribution in [-0.4, -0.2) is 47.8 Å². The summed E-state index contributed by atoms with van der Waals surface area (Å²) in [5, 5.41) is 13.8. The standard InChI is InChI=1S/C41H83N2O6P/c1-3-5-7-9-11-13-15-17-18-19-20-21-23-24-26-28-30-32-34-40(44)39(38-49-50(46,47)48-37-36-42)43-41(45)35-33-31-29-27-25-22-16-14-12-10-8-6-4-2/h14,16,39-40,44H,3-13,15,17-38,42H2,1-2H3,(H,43,45)(H,46,47)/b16-14-. The lowest BCUT2D eigenvalue weighted by molar-refractivity contribution is -0.123. The highest BCUT2D eigenvalue weighted by molar-refractivity contribution is 7.47. The number of nitrogens with two attached hydrogens (primary N) is 1.